The maximum atomic E-state index is 12.4. The molecule has 0 bridgehead atoms. The molecule has 1 aliphatic rings. The van der Waals surface area contributed by atoms with Crippen molar-refractivity contribution in [1.82, 2.24) is 15.5 Å². The summed E-state index contributed by atoms with van der Waals surface area (Å²) in [6.45, 7) is 7.94. The molecule has 1 fully saturated rings. The zero-order chi connectivity index (χ0) is 17.3. The second-order valence-corrected chi connectivity index (χ2v) is 6.01. The Morgan fingerprint density at radius 3 is 2.67 bits per heavy atom. The third-order valence-electron chi connectivity index (χ3n) is 3.38. The minimum Gasteiger partial charge on any atom is -0.379 e. The maximum absolute atomic E-state index is 12.4. The topological polar surface area (TPSA) is 48.9 Å². The molecular formula is C15H30F3IN4O. The van der Waals surface area contributed by atoms with E-state index in [2.05, 4.69) is 15.6 Å². The summed E-state index contributed by atoms with van der Waals surface area (Å²) < 4.78 is 42.7. The van der Waals surface area contributed by atoms with Crippen molar-refractivity contribution >= 4 is 29.9 Å². The summed E-state index contributed by atoms with van der Waals surface area (Å²) in [5.41, 5.74) is 0. The van der Waals surface area contributed by atoms with E-state index in [9.17, 15) is 13.2 Å². The van der Waals surface area contributed by atoms with E-state index in [0.717, 1.165) is 6.42 Å². The molecule has 0 radical (unpaired) electrons. The van der Waals surface area contributed by atoms with Crippen LogP contribution >= 0.6 is 24.0 Å². The number of nitrogens with zero attached hydrogens (tertiary/aromatic N) is 2. The van der Waals surface area contributed by atoms with Crippen LogP contribution in [0.25, 0.3) is 0 Å². The van der Waals surface area contributed by atoms with E-state index in [1.807, 2.05) is 20.8 Å². The summed E-state index contributed by atoms with van der Waals surface area (Å²) >= 11 is 0. The number of likely N-dealkylation sites (tertiary alicyclic amines) is 1. The molecule has 2 N–H and O–H groups in total. The highest BCUT2D eigenvalue weighted by molar-refractivity contribution is 14.0. The van der Waals surface area contributed by atoms with Crippen molar-refractivity contribution in [3.8, 4) is 0 Å². The molecule has 1 heterocycles. The summed E-state index contributed by atoms with van der Waals surface area (Å²) in [5.74, 6) is 0.663. The number of alkyl halides is 3. The molecule has 0 aliphatic carbocycles. The molecule has 0 aromatic carbocycles. The van der Waals surface area contributed by atoms with Crippen molar-refractivity contribution in [2.24, 2.45) is 4.99 Å². The van der Waals surface area contributed by atoms with E-state index in [4.69, 9.17) is 4.74 Å². The fourth-order valence-electron chi connectivity index (χ4n) is 2.44. The van der Waals surface area contributed by atoms with Crippen molar-refractivity contribution in [2.75, 3.05) is 39.3 Å². The number of nitrogens with one attached hydrogen (secondary N) is 2. The lowest BCUT2D eigenvalue weighted by atomic mass is 10.3. The van der Waals surface area contributed by atoms with Crippen molar-refractivity contribution < 1.29 is 17.9 Å². The fourth-order valence-corrected chi connectivity index (χ4v) is 2.44. The normalized spacial score (nSPS) is 19.5. The second kappa shape index (κ2) is 12.1. The molecule has 0 spiro atoms. The van der Waals surface area contributed by atoms with Crippen LogP contribution in [-0.2, 0) is 4.74 Å². The largest absolute Gasteiger partial charge is 0.401 e. The van der Waals surface area contributed by atoms with Crippen LogP contribution in [0.5, 0.6) is 0 Å². The number of halogens is 4. The van der Waals surface area contributed by atoms with E-state index >= 15 is 0 Å². The number of rotatable bonds is 8. The van der Waals surface area contributed by atoms with Gasteiger partial charge in [0.15, 0.2) is 5.96 Å². The van der Waals surface area contributed by atoms with Crippen LogP contribution in [0.4, 0.5) is 13.2 Å². The Labute approximate surface area is 159 Å². The molecular weight excluding hydrogens is 436 g/mol. The highest BCUT2D eigenvalue weighted by atomic mass is 127. The smallest absolute Gasteiger partial charge is 0.379 e. The zero-order valence-corrected chi connectivity index (χ0v) is 17.0. The standard InChI is InChI=1S/C15H29F3N4O.HI/c1-4-19-14(20-7-5-9-23-12(2)3)21-13-6-8-22(10-13)11-15(16,17)18;/h12-13H,4-11H2,1-3H3,(H2,19,20,21);1H. The van der Waals surface area contributed by atoms with E-state index in [1.165, 1.54) is 4.90 Å². The average molecular weight is 466 g/mol. The third-order valence-corrected chi connectivity index (χ3v) is 3.38. The van der Waals surface area contributed by atoms with Gasteiger partial charge in [0, 0.05) is 38.8 Å². The van der Waals surface area contributed by atoms with Gasteiger partial charge in [-0.2, -0.15) is 13.2 Å². The Kier molecular flexibility index (Phi) is 12.0. The van der Waals surface area contributed by atoms with Gasteiger partial charge in [-0.15, -0.1) is 24.0 Å². The number of guanidine groups is 1. The Bertz CT molecular complexity index is 367. The van der Waals surface area contributed by atoms with Gasteiger partial charge in [0.05, 0.1) is 12.6 Å². The molecule has 5 nitrogen and oxygen atoms in total. The number of hydrogen-bond acceptors (Lipinski definition) is 3. The van der Waals surface area contributed by atoms with Gasteiger partial charge < -0.3 is 15.4 Å². The molecule has 1 aliphatic heterocycles. The molecule has 0 aromatic rings. The number of aliphatic imine (C=N–C) groups is 1. The van der Waals surface area contributed by atoms with Crippen molar-refractivity contribution in [3.63, 3.8) is 0 Å². The maximum Gasteiger partial charge on any atom is 0.401 e. The van der Waals surface area contributed by atoms with Gasteiger partial charge in [0.25, 0.3) is 0 Å². The molecule has 1 unspecified atom stereocenters. The Morgan fingerprint density at radius 2 is 2.08 bits per heavy atom. The van der Waals surface area contributed by atoms with E-state index in [0.29, 0.717) is 45.2 Å². The predicted octanol–water partition coefficient (Wildman–Crippen LogP) is 2.61. The van der Waals surface area contributed by atoms with Crippen LogP contribution in [0.15, 0.2) is 4.99 Å². The van der Waals surface area contributed by atoms with E-state index in [1.54, 1.807) is 0 Å². The average Bonchev–Trinajstić information content (AvgIpc) is 2.83. The summed E-state index contributed by atoms with van der Waals surface area (Å²) in [6.07, 6.45) is -2.41. The second-order valence-electron chi connectivity index (χ2n) is 6.01. The molecule has 1 atom stereocenters. The van der Waals surface area contributed by atoms with Crippen molar-refractivity contribution in [1.29, 1.82) is 0 Å². The molecule has 0 amide bonds. The first-order valence-electron chi connectivity index (χ1n) is 8.25. The molecule has 1 rings (SSSR count). The van der Waals surface area contributed by atoms with Gasteiger partial charge in [0.2, 0.25) is 0 Å². The lowest BCUT2D eigenvalue weighted by Gasteiger charge is -2.19. The van der Waals surface area contributed by atoms with Gasteiger partial charge in [0.1, 0.15) is 0 Å². The van der Waals surface area contributed by atoms with Crippen LogP contribution < -0.4 is 10.6 Å². The van der Waals surface area contributed by atoms with Gasteiger partial charge in [-0.05, 0) is 33.6 Å². The van der Waals surface area contributed by atoms with E-state index in [-0.39, 0.29) is 36.1 Å². The predicted molar refractivity (Wildman–Crippen MR) is 101 cm³/mol. The van der Waals surface area contributed by atoms with Gasteiger partial charge >= 0.3 is 6.18 Å². The molecule has 0 aromatic heterocycles. The van der Waals surface area contributed by atoms with Gasteiger partial charge in [-0.25, -0.2) is 0 Å². The van der Waals surface area contributed by atoms with Crippen LogP contribution in [0.1, 0.15) is 33.6 Å². The minimum atomic E-state index is -4.14. The van der Waals surface area contributed by atoms with Crippen molar-refractivity contribution in [2.45, 2.75) is 51.9 Å². The summed E-state index contributed by atoms with van der Waals surface area (Å²) in [6, 6.07) is 0.00191. The zero-order valence-electron chi connectivity index (χ0n) is 14.7. The molecule has 144 valence electrons. The first-order chi connectivity index (χ1) is 10.8. The lowest BCUT2D eigenvalue weighted by molar-refractivity contribution is -0.143. The van der Waals surface area contributed by atoms with Crippen LogP contribution in [0, 0.1) is 0 Å². The fraction of sp³-hybridized carbons (Fsp3) is 0.933. The highest BCUT2D eigenvalue weighted by Gasteiger charge is 2.34. The Morgan fingerprint density at radius 1 is 1.38 bits per heavy atom. The summed E-state index contributed by atoms with van der Waals surface area (Å²) in [5, 5.41) is 6.35. The molecule has 1 saturated heterocycles. The van der Waals surface area contributed by atoms with Gasteiger partial charge in [-0.1, -0.05) is 0 Å². The number of hydrogen-bond donors (Lipinski definition) is 2. The van der Waals surface area contributed by atoms with Gasteiger partial charge in [-0.3, -0.25) is 9.89 Å². The molecule has 9 heteroatoms. The summed E-state index contributed by atoms with van der Waals surface area (Å²) in [7, 11) is 0. The molecule has 24 heavy (non-hydrogen) atoms. The Balaban J connectivity index is 0.00000529. The third kappa shape index (κ3) is 11.3. The first-order valence-corrected chi connectivity index (χ1v) is 8.25. The lowest BCUT2D eigenvalue weighted by Crippen LogP contribution is -2.45. The summed E-state index contributed by atoms with van der Waals surface area (Å²) in [4.78, 5) is 5.88. The van der Waals surface area contributed by atoms with Crippen LogP contribution in [-0.4, -0.2) is 68.5 Å². The molecule has 0 saturated carbocycles. The van der Waals surface area contributed by atoms with Crippen LogP contribution in [0.3, 0.4) is 0 Å². The first kappa shape index (κ1) is 23.7. The highest BCUT2D eigenvalue weighted by Crippen LogP contribution is 2.19. The monoisotopic (exact) mass is 466 g/mol. The van der Waals surface area contributed by atoms with Crippen LogP contribution in [0.2, 0.25) is 0 Å². The quantitative estimate of drug-likeness (QED) is 0.250. The minimum absolute atomic E-state index is 0. The van der Waals surface area contributed by atoms with Crippen molar-refractivity contribution in [3.05, 3.63) is 0 Å². The Hall–Kier alpha value is -0.290. The SMILES string of the molecule is CCNC(=NCCCOC(C)C)NC1CCN(CC(F)(F)F)C1.I. The van der Waals surface area contributed by atoms with E-state index < -0.39 is 12.7 Å². The number of ether oxygens (including phenoxy) is 1.